The number of hydrogen-bond donors (Lipinski definition) is 2. The first-order chi connectivity index (χ1) is 10.1. The van der Waals surface area contributed by atoms with E-state index in [2.05, 4.69) is 41.4 Å². The van der Waals surface area contributed by atoms with Crippen molar-refractivity contribution in [2.45, 2.75) is 59.2 Å². The highest BCUT2D eigenvalue weighted by atomic mass is 16.6. The first-order valence-corrected chi connectivity index (χ1v) is 7.58. The van der Waals surface area contributed by atoms with Crippen molar-refractivity contribution in [2.24, 2.45) is 5.92 Å². The molecule has 1 unspecified atom stereocenters. The zero-order chi connectivity index (χ0) is 16.8. The highest BCUT2D eigenvalue weighted by molar-refractivity contribution is 5.67. The minimum atomic E-state index is -0.493. The molecule has 0 radical (unpaired) electrons. The average Bonchev–Trinajstić information content (AvgIpc) is 2.42. The van der Waals surface area contributed by atoms with Crippen LogP contribution < -0.4 is 10.6 Å². The van der Waals surface area contributed by atoms with Gasteiger partial charge < -0.3 is 15.4 Å². The Labute approximate surface area is 133 Å². The number of ether oxygens (including phenoxy) is 1. The molecule has 124 valence electrons. The van der Waals surface area contributed by atoms with Gasteiger partial charge in [-0.15, -0.1) is 0 Å². The van der Waals surface area contributed by atoms with Crippen molar-refractivity contribution in [3.8, 4) is 0 Å². The molecule has 1 aromatic heterocycles. The van der Waals surface area contributed by atoms with Gasteiger partial charge in [-0.1, -0.05) is 13.8 Å². The predicted molar refractivity (Wildman–Crippen MR) is 86.4 cm³/mol. The first kappa shape index (κ1) is 18.4. The summed E-state index contributed by atoms with van der Waals surface area (Å²) in [5.74, 6) is 0.326. The van der Waals surface area contributed by atoms with E-state index in [9.17, 15) is 4.79 Å². The van der Waals surface area contributed by atoms with E-state index in [1.165, 1.54) is 6.33 Å². The van der Waals surface area contributed by atoms with Crippen molar-refractivity contribution in [2.75, 3.05) is 6.54 Å². The van der Waals surface area contributed by atoms with Crippen molar-refractivity contribution in [1.82, 2.24) is 20.6 Å². The number of aromatic nitrogens is 2. The number of amides is 1. The van der Waals surface area contributed by atoms with Crippen LogP contribution in [0.3, 0.4) is 0 Å². The molecule has 1 heterocycles. The Morgan fingerprint density at radius 1 is 1.23 bits per heavy atom. The number of nitrogens with zero attached hydrogens (tertiary/aromatic N) is 2. The molecule has 1 atom stereocenters. The largest absolute Gasteiger partial charge is 0.444 e. The smallest absolute Gasteiger partial charge is 0.407 e. The Balaban J connectivity index is 2.57. The second-order valence-corrected chi connectivity index (χ2v) is 7.03. The third-order valence-corrected chi connectivity index (χ3v) is 3.58. The Hall–Kier alpha value is -1.69. The maximum Gasteiger partial charge on any atom is 0.407 e. The summed E-state index contributed by atoms with van der Waals surface area (Å²) < 4.78 is 5.28. The fourth-order valence-electron chi connectivity index (χ4n) is 1.77. The number of nitrogens with one attached hydrogen (secondary N) is 2. The van der Waals surface area contributed by atoms with E-state index in [0.717, 1.165) is 5.56 Å². The lowest BCUT2D eigenvalue weighted by atomic mass is 9.88. The summed E-state index contributed by atoms with van der Waals surface area (Å²) in [6.45, 7) is 13.0. The van der Waals surface area contributed by atoms with Crippen LogP contribution in [-0.4, -0.2) is 33.7 Å². The van der Waals surface area contributed by atoms with Gasteiger partial charge in [0.2, 0.25) is 0 Å². The van der Waals surface area contributed by atoms with Crippen LogP contribution in [0.25, 0.3) is 0 Å². The summed E-state index contributed by atoms with van der Waals surface area (Å²) in [4.78, 5) is 19.8. The molecular formula is C16H28N4O2. The molecule has 0 spiro atoms. The molecule has 0 aliphatic rings. The number of rotatable bonds is 6. The highest BCUT2D eigenvalue weighted by Gasteiger charge is 2.29. The molecule has 22 heavy (non-hydrogen) atoms. The Morgan fingerprint density at radius 3 is 2.32 bits per heavy atom. The average molecular weight is 308 g/mol. The van der Waals surface area contributed by atoms with Gasteiger partial charge in [0.25, 0.3) is 0 Å². The fourth-order valence-corrected chi connectivity index (χ4v) is 1.77. The lowest BCUT2D eigenvalue weighted by molar-refractivity contribution is 0.0503. The SMILES string of the molecule is CC(C)C(C)(CNC(=O)OC(C)(C)C)NCc1cncnc1. The molecule has 0 saturated carbocycles. The zero-order valence-electron chi connectivity index (χ0n) is 14.4. The molecule has 0 aliphatic heterocycles. The van der Waals surface area contributed by atoms with Crippen LogP contribution in [0.1, 0.15) is 47.1 Å². The standard InChI is InChI=1S/C16H28N4O2/c1-12(2)16(6,10-19-14(21)22-15(3,4)5)20-9-13-7-17-11-18-8-13/h7-8,11-12,20H,9-10H2,1-6H3,(H,19,21). The monoisotopic (exact) mass is 308 g/mol. The second-order valence-electron chi connectivity index (χ2n) is 7.03. The first-order valence-electron chi connectivity index (χ1n) is 7.58. The van der Waals surface area contributed by atoms with Gasteiger partial charge in [0.15, 0.2) is 0 Å². The number of carbonyl (C=O) groups excluding carboxylic acids is 1. The van der Waals surface area contributed by atoms with Crippen LogP contribution in [0.15, 0.2) is 18.7 Å². The molecule has 1 amide bonds. The number of hydrogen-bond acceptors (Lipinski definition) is 5. The summed E-state index contributed by atoms with van der Waals surface area (Å²) in [7, 11) is 0. The van der Waals surface area contributed by atoms with Crippen molar-refractivity contribution >= 4 is 6.09 Å². The normalized spacial score (nSPS) is 14.5. The van der Waals surface area contributed by atoms with E-state index >= 15 is 0 Å². The third kappa shape index (κ3) is 6.39. The zero-order valence-corrected chi connectivity index (χ0v) is 14.4. The molecule has 0 saturated heterocycles. The Kier molecular flexibility index (Phi) is 6.29. The highest BCUT2D eigenvalue weighted by Crippen LogP contribution is 2.17. The van der Waals surface area contributed by atoms with Gasteiger partial charge in [-0.2, -0.15) is 0 Å². The second kappa shape index (κ2) is 7.54. The molecule has 2 N–H and O–H groups in total. The number of carbonyl (C=O) groups is 1. The summed E-state index contributed by atoms with van der Waals surface area (Å²) in [5, 5.41) is 6.32. The predicted octanol–water partition coefficient (Wildman–Crippen LogP) is 2.51. The quantitative estimate of drug-likeness (QED) is 0.844. The van der Waals surface area contributed by atoms with E-state index in [-0.39, 0.29) is 5.54 Å². The third-order valence-electron chi connectivity index (χ3n) is 3.58. The van der Waals surface area contributed by atoms with Gasteiger partial charge in [-0.05, 0) is 33.6 Å². The van der Waals surface area contributed by atoms with Crippen LogP contribution in [0.2, 0.25) is 0 Å². The van der Waals surface area contributed by atoms with Crippen LogP contribution in [0.4, 0.5) is 4.79 Å². The summed E-state index contributed by atoms with van der Waals surface area (Å²) in [5.41, 5.74) is 0.256. The topological polar surface area (TPSA) is 76.1 Å². The van der Waals surface area contributed by atoms with E-state index < -0.39 is 11.7 Å². The van der Waals surface area contributed by atoms with Crippen LogP contribution in [0.5, 0.6) is 0 Å². The number of alkyl carbamates (subject to hydrolysis) is 1. The summed E-state index contributed by atoms with van der Waals surface area (Å²) in [6.07, 6.45) is 4.67. The van der Waals surface area contributed by atoms with Gasteiger partial charge in [0.05, 0.1) is 0 Å². The van der Waals surface area contributed by atoms with Gasteiger partial charge in [0.1, 0.15) is 11.9 Å². The lowest BCUT2D eigenvalue weighted by Gasteiger charge is -2.35. The lowest BCUT2D eigenvalue weighted by Crippen LogP contribution is -2.55. The molecule has 0 aromatic carbocycles. The van der Waals surface area contributed by atoms with E-state index in [4.69, 9.17) is 4.74 Å². The van der Waals surface area contributed by atoms with Crippen LogP contribution in [0, 0.1) is 5.92 Å². The molecule has 6 heteroatoms. The maximum atomic E-state index is 11.8. The van der Waals surface area contributed by atoms with Crippen LogP contribution >= 0.6 is 0 Å². The summed E-state index contributed by atoms with van der Waals surface area (Å²) >= 11 is 0. The molecule has 1 rings (SSSR count). The Bertz CT molecular complexity index is 471. The molecule has 1 aromatic rings. The molecule has 6 nitrogen and oxygen atoms in total. The van der Waals surface area contributed by atoms with Gasteiger partial charge in [-0.3, -0.25) is 0 Å². The Morgan fingerprint density at radius 2 is 1.82 bits per heavy atom. The van der Waals surface area contributed by atoms with E-state index in [1.54, 1.807) is 12.4 Å². The van der Waals surface area contributed by atoms with Gasteiger partial charge in [0, 0.05) is 36.6 Å². The molecule has 0 aliphatic carbocycles. The fraction of sp³-hybridized carbons (Fsp3) is 0.688. The molecule has 0 fully saturated rings. The minimum Gasteiger partial charge on any atom is -0.444 e. The van der Waals surface area contributed by atoms with Gasteiger partial charge >= 0.3 is 6.09 Å². The van der Waals surface area contributed by atoms with Crippen molar-refractivity contribution in [3.63, 3.8) is 0 Å². The molecular weight excluding hydrogens is 280 g/mol. The van der Waals surface area contributed by atoms with Crippen molar-refractivity contribution in [3.05, 3.63) is 24.3 Å². The van der Waals surface area contributed by atoms with E-state index in [1.807, 2.05) is 20.8 Å². The minimum absolute atomic E-state index is 0.257. The van der Waals surface area contributed by atoms with Crippen molar-refractivity contribution < 1.29 is 9.53 Å². The van der Waals surface area contributed by atoms with Crippen LogP contribution in [-0.2, 0) is 11.3 Å². The van der Waals surface area contributed by atoms with Crippen molar-refractivity contribution in [1.29, 1.82) is 0 Å². The van der Waals surface area contributed by atoms with Gasteiger partial charge in [-0.25, -0.2) is 14.8 Å². The maximum absolute atomic E-state index is 11.8. The van der Waals surface area contributed by atoms with E-state index in [0.29, 0.717) is 19.0 Å². The summed E-state index contributed by atoms with van der Waals surface area (Å²) in [6, 6.07) is 0. The molecule has 0 bridgehead atoms.